The SMILES string of the molecule is CC.CC.CCCC(C)CN(C)C(C)C. The second kappa shape index (κ2) is 16.4. The van der Waals surface area contributed by atoms with Crippen LogP contribution in [-0.4, -0.2) is 24.5 Å². The molecule has 0 N–H and O–H groups in total. The van der Waals surface area contributed by atoms with Gasteiger partial charge in [-0.1, -0.05) is 48.0 Å². The molecule has 0 aliphatic carbocycles. The topological polar surface area (TPSA) is 3.24 Å². The van der Waals surface area contributed by atoms with Gasteiger partial charge in [0.2, 0.25) is 0 Å². The number of rotatable bonds is 5. The highest BCUT2D eigenvalue weighted by atomic mass is 15.1. The summed E-state index contributed by atoms with van der Waals surface area (Å²) < 4.78 is 0. The Morgan fingerprint density at radius 3 is 1.60 bits per heavy atom. The Bertz CT molecular complexity index is 89.3. The molecule has 15 heavy (non-hydrogen) atoms. The highest BCUT2D eigenvalue weighted by Gasteiger charge is 2.07. The summed E-state index contributed by atoms with van der Waals surface area (Å²) in [6.07, 6.45) is 2.67. The monoisotopic (exact) mass is 217 g/mol. The van der Waals surface area contributed by atoms with E-state index in [0.717, 1.165) is 5.92 Å². The van der Waals surface area contributed by atoms with Gasteiger partial charge in [0, 0.05) is 12.6 Å². The van der Waals surface area contributed by atoms with Crippen LogP contribution in [0.5, 0.6) is 0 Å². The van der Waals surface area contributed by atoms with Gasteiger partial charge in [-0.05, 0) is 33.2 Å². The molecule has 1 nitrogen and oxygen atoms in total. The van der Waals surface area contributed by atoms with E-state index < -0.39 is 0 Å². The fraction of sp³-hybridized carbons (Fsp3) is 1.00. The molecule has 0 amide bonds. The van der Waals surface area contributed by atoms with Crippen molar-refractivity contribution in [3.05, 3.63) is 0 Å². The zero-order chi connectivity index (χ0) is 12.9. The van der Waals surface area contributed by atoms with E-state index in [1.54, 1.807) is 0 Å². The van der Waals surface area contributed by atoms with E-state index in [1.807, 2.05) is 27.7 Å². The standard InChI is InChI=1S/C10H23N.2C2H6/c1-6-7-10(4)8-11(5)9(2)3;2*1-2/h9-10H,6-8H2,1-5H3;2*1-2H3. The molecule has 0 bridgehead atoms. The Morgan fingerprint density at radius 1 is 0.933 bits per heavy atom. The highest BCUT2D eigenvalue weighted by molar-refractivity contribution is 4.61. The van der Waals surface area contributed by atoms with Gasteiger partial charge >= 0.3 is 0 Å². The van der Waals surface area contributed by atoms with Crippen LogP contribution in [-0.2, 0) is 0 Å². The maximum Gasteiger partial charge on any atom is 0.00356 e. The van der Waals surface area contributed by atoms with E-state index in [1.165, 1.54) is 19.4 Å². The lowest BCUT2D eigenvalue weighted by molar-refractivity contribution is 0.231. The Morgan fingerprint density at radius 2 is 1.33 bits per heavy atom. The zero-order valence-corrected chi connectivity index (χ0v) is 12.7. The van der Waals surface area contributed by atoms with Crippen molar-refractivity contribution < 1.29 is 0 Å². The highest BCUT2D eigenvalue weighted by Crippen LogP contribution is 2.07. The van der Waals surface area contributed by atoms with Gasteiger partial charge in [-0.3, -0.25) is 0 Å². The lowest BCUT2D eigenvalue weighted by atomic mass is 10.1. The van der Waals surface area contributed by atoms with Crippen LogP contribution < -0.4 is 0 Å². The van der Waals surface area contributed by atoms with Crippen LogP contribution in [0.25, 0.3) is 0 Å². The summed E-state index contributed by atoms with van der Waals surface area (Å²) in [4.78, 5) is 2.42. The summed E-state index contributed by atoms with van der Waals surface area (Å²) in [5.74, 6) is 0.854. The molecule has 1 atom stereocenters. The molecule has 0 saturated carbocycles. The first-order valence-electron chi connectivity index (χ1n) is 6.78. The van der Waals surface area contributed by atoms with Crippen molar-refractivity contribution in [3.63, 3.8) is 0 Å². The van der Waals surface area contributed by atoms with E-state index in [9.17, 15) is 0 Å². The molecule has 0 rings (SSSR count). The summed E-state index contributed by atoms with van der Waals surface area (Å²) in [7, 11) is 2.21. The minimum atomic E-state index is 0.689. The summed E-state index contributed by atoms with van der Waals surface area (Å²) in [6, 6.07) is 0.689. The van der Waals surface area contributed by atoms with Gasteiger partial charge in [0.05, 0.1) is 0 Å². The van der Waals surface area contributed by atoms with Crippen LogP contribution in [0.2, 0.25) is 0 Å². The van der Waals surface area contributed by atoms with Crippen molar-refractivity contribution >= 4 is 0 Å². The molecule has 0 aromatic carbocycles. The van der Waals surface area contributed by atoms with Crippen molar-refractivity contribution in [3.8, 4) is 0 Å². The minimum absolute atomic E-state index is 0.689. The molecule has 1 unspecified atom stereocenters. The van der Waals surface area contributed by atoms with Crippen LogP contribution in [0.3, 0.4) is 0 Å². The van der Waals surface area contributed by atoms with Crippen molar-refractivity contribution in [2.45, 2.75) is 74.3 Å². The smallest absolute Gasteiger partial charge is 0.00356 e. The lowest BCUT2D eigenvalue weighted by Crippen LogP contribution is -2.30. The second-order valence-corrected chi connectivity index (χ2v) is 3.93. The van der Waals surface area contributed by atoms with Gasteiger partial charge in [-0.2, -0.15) is 0 Å². The minimum Gasteiger partial charge on any atom is -0.304 e. The van der Waals surface area contributed by atoms with Gasteiger partial charge in [-0.25, -0.2) is 0 Å². The molecule has 0 aromatic heterocycles. The quantitative estimate of drug-likeness (QED) is 0.638. The van der Waals surface area contributed by atoms with Gasteiger partial charge in [0.25, 0.3) is 0 Å². The van der Waals surface area contributed by atoms with Crippen molar-refractivity contribution in [2.75, 3.05) is 13.6 Å². The summed E-state index contributed by atoms with van der Waals surface area (Å²) in [5.41, 5.74) is 0. The average Bonchev–Trinajstić information content (AvgIpc) is 2.24. The second-order valence-electron chi connectivity index (χ2n) is 3.93. The molecule has 0 fully saturated rings. The molecular weight excluding hydrogens is 182 g/mol. The van der Waals surface area contributed by atoms with Gasteiger partial charge in [0.1, 0.15) is 0 Å². The molecule has 0 heterocycles. The molecule has 0 spiro atoms. The molecule has 96 valence electrons. The zero-order valence-electron chi connectivity index (χ0n) is 12.7. The lowest BCUT2D eigenvalue weighted by Gasteiger charge is -2.24. The summed E-state index contributed by atoms with van der Waals surface area (Å²) in [6.45, 7) is 18.3. The number of nitrogens with zero attached hydrogens (tertiary/aromatic N) is 1. The molecule has 0 radical (unpaired) electrons. The van der Waals surface area contributed by atoms with Crippen molar-refractivity contribution in [1.29, 1.82) is 0 Å². The largest absolute Gasteiger partial charge is 0.304 e. The van der Waals surface area contributed by atoms with Crippen LogP contribution in [0.1, 0.15) is 68.2 Å². The fourth-order valence-corrected chi connectivity index (χ4v) is 1.29. The van der Waals surface area contributed by atoms with E-state index >= 15 is 0 Å². The van der Waals surface area contributed by atoms with Crippen LogP contribution in [0.15, 0.2) is 0 Å². The van der Waals surface area contributed by atoms with Crippen molar-refractivity contribution in [1.82, 2.24) is 4.90 Å². The van der Waals surface area contributed by atoms with E-state index in [0.29, 0.717) is 6.04 Å². The Hall–Kier alpha value is -0.0400. The first-order valence-corrected chi connectivity index (χ1v) is 6.78. The molecule has 1 heteroatoms. The fourth-order valence-electron chi connectivity index (χ4n) is 1.29. The third-order valence-corrected chi connectivity index (χ3v) is 2.26. The Balaban J connectivity index is -0.000000318. The number of hydrogen-bond donors (Lipinski definition) is 0. The molecular formula is C14H35N. The summed E-state index contributed by atoms with van der Waals surface area (Å²) in [5, 5.41) is 0. The summed E-state index contributed by atoms with van der Waals surface area (Å²) >= 11 is 0. The molecule has 0 aromatic rings. The normalized spacial score (nSPS) is 11.4. The Kier molecular flexibility index (Phi) is 22.3. The predicted octanol–water partition coefficient (Wildman–Crippen LogP) is 4.82. The maximum absolute atomic E-state index is 2.42. The number of hydrogen-bond acceptors (Lipinski definition) is 1. The van der Waals surface area contributed by atoms with Gasteiger partial charge in [-0.15, -0.1) is 0 Å². The van der Waals surface area contributed by atoms with Crippen LogP contribution in [0, 0.1) is 5.92 Å². The molecule has 0 saturated heterocycles. The molecule has 0 aliphatic heterocycles. The van der Waals surface area contributed by atoms with E-state index in [2.05, 4.69) is 39.6 Å². The van der Waals surface area contributed by atoms with E-state index in [-0.39, 0.29) is 0 Å². The maximum atomic E-state index is 2.42. The van der Waals surface area contributed by atoms with Crippen LogP contribution >= 0.6 is 0 Å². The Labute approximate surface area is 99.3 Å². The third kappa shape index (κ3) is 16.6. The van der Waals surface area contributed by atoms with Crippen molar-refractivity contribution in [2.24, 2.45) is 5.92 Å². The van der Waals surface area contributed by atoms with Crippen LogP contribution in [0.4, 0.5) is 0 Å². The first-order chi connectivity index (χ1) is 7.07. The van der Waals surface area contributed by atoms with Gasteiger partial charge in [0.15, 0.2) is 0 Å². The van der Waals surface area contributed by atoms with Gasteiger partial charge < -0.3 is 4.90 Å². The van der Waals surface area contributed by atoms with E-state index in [4.69, 9.17) is 0 Å². The molecule has 0 aliphatic rings. The predicted molar refractivity (Wildman–Crippen MR) is 74.5 cm³/mol. The average molecular weight is 217 g/mol. The first kappa shape index (κ1) is 20.4. The third-order valence-electron chi connectivity index (χ3n) is 2.26.